The van der Waals surface area contributed by atoms with Gasteiger partial charge in [-0.1, -0.05) is 19.4 Å². The predicted molar refractivity (Wildman–Crippen MR) is 53.3 cm³/mol. The first kappa shape index (κ1) is 12.2. The van der Waals surface area contributed by atoms with Crippen LogP contribution < -0.4 is 5.73 Å². The Morgan fingerprint density at radius 3 is 2.31 bits per heavy atom. The molecule has 0 bridgehead atoms. The van der Waals surface area contributed by atoms with Crippen LogP contribution in [0.15, 0.2) is 11.1 Å². The molecule has 0 aliphatic heterocycles. The summed E-state index contributed by atoms with van der Waals surface area (Å²) < 4.78 is 4.95. The Morgan fingerprint density at radius 1 is 1.31 bits per heavy atom. The maximum atomic E-state index is 11.4. The van der Waals surface area contributed by atoms with Crippen LogP contribution in [0.5, 0.6) is 0 Å². The van der Waals surface area contributed by atoms with Gasteiger partial charge in [-0.2, -0.15) is 0 Å². The minimum atomic E-state index is -0.215. The molecule has 0 aliphatic rings. The Balaban J connectivity index is 4.32. The lowest BCUT2D eigenvalue weighted by atomic mass is 10.1. The van der Waals surface area contributed by atoms with E-state index in [0.29, 0.717) is 13.2 Å². The summed E-state index contributed by atoms with van der Waals surface area (Å²) in [5, 5.41) is 0. The van der Waals surface area contributed by atoms with Gasteiger partial charge in [0, 0.05) is 12.1 Å². The quantitative estimate of drug-likeness (QED) is 0.523. The van der Waals surface area contributed by atoms with E-state index in [0.717, 1.165) is 24.0 Å². The lowest BCUT2D eigenvalue weighted by molar-refractivity contribution is -0.138. The molecule has 0 saturated carbocycles. The fourth-order valence-corrected chi connectivity index (χ4v) is 1.07. The Morgan fingerprint density at radius 2 is 1.92 bits per heavy atom. The molecule has 0 amide bonds. The molecule has 0 spiro atoms. The molecule has 0 unspecified atom stereocenters. The van der Waals surface area contributed by atoms with Crippen molar-refractivity contribution in [1.29, 1.82) is 0 Å². The van der Waals surface area contributed by atoms with Crippen molar-refractivity contribution >= 4 is 5.97 Å². The van der Waals surface area contributed by atoms with E-state index >= 15 is 0 Å². The summed E-state index contributed by atoms with van der Waals surface area (Å²) in [5.74, 6) is -0.215. The highest BCUT2D eigenvalue weighted by atomic mass is 16.5. The normalized spacial score (nSPS) is 12.3. The van der Waals surface area contributed by atoms with Gasteiger partial charge < -0.3 is 10.5 Å². The van der Waals surface area contributed by atoms with Gasteiger partial charge in [0.2, 0.25) is 0 Å². The SMILES string of the molecule is CCC(C)=C(CC)C(=O)OCCN. The van der Waals surface area contributed by atoms with Crippen molar-refractivity contribution in [3.8, 4) is 0 Å². The van der Waals surface area contributed by atoms with Crippen LogP contribution >= 0.6 is 0 Å². The average Bonchev–Trinajstić information content (AvgIpc) is 2.15. The molecule has 0 heterocycles. The summed E-state index contributed by atoms with van der Waals surface area (Å²) in [6, 6.07) is 0. The average molecular weight is 185 g/mol. The lowest BCUT2D eigenvalue weighted by Gasteiger charge is -2.08. The number of hydrogen-bond donors (Lipinski definition) is 1. The molecule has 0 aromatic carbocycles. The first-order valence-corrected chi connectivity index (χ1v) is 4.73. The van der Waals surface area contributed by atoms with E-state index in [-0.39, 0.29) is 5.97 Å². The molecule has 13 heavy (non-hydrogen) atoms. The third-order valence-electron chi connectivity index (χ3n) is 2.00. The molecule has 0 saturated heterocycles. The van der Waals surface area contributed by atoms with E-state index in [2.05, 4.69) is 0 Å². The Hall–Kier alpha value is -0.830. The van der Waals surface area contributed by atoms with Crippen LogP contribution in [-0.2, 0) is 9.53 Å². The van der Waals surface area contributed by atoms with Crippen molar-refractivity contribution in [2.75, 3.05) is 13.2 Å². The fourth-order valence-electron chi connectivity index (χ4n) is 1.07. The number of allylic oxidation sites excluding steroid dienone is 1. The fraction of sp³-hybridized carbons (Fsp3) is 0.700. The van der Waals surface area contributed by atoms with Crippen LogP contribution in [0.1, 0.15) is 33.6 Å². The van der Waals surface area contributed by atoms with Crippen LogP contribution in [0.4, 0.5) is 0 Å². The highest BCUT2D eigenvalue weighted by molar-refractivity contribution is 5.89. The van der Waals surface area contributed by atoms with Gasteiger partial charge in [0.1, 0.15) is 6.61 Å². The second-order valence-electron chi connectivity index (χ2n) is 2.89. The van der Waals surface area contributed by atoms with Gasteiger partial charge in [-0.15, -0.1) is 0 Å². The van der Waals surface area contributed by atoms with Crippen molar-refractivity contribution in [1.82, 2.24) is 0 Å². The zero-order chi connectivity index (χ0) is 10.3. The number of carbonyl (C=O) groups excluding carboxylic acids is 1. The van der Waals surface area contributed by atoms with Crippen molar-refractivity contribution in [2.45, 2.75) is 33.6 Å². The molecule has 3 nitrogen and oxygen atoms in total. The third kappa shape index (κ3) is 4.08. The van der Waals surface area contributed by atoms with Gasteiger partial charge in [-0.25, -0.2) is 4.79 Å². The van der Waals surface area contributed by atoms with Gasteiger partial charge in [-0.05, 0) is 19.8 Å². The Kier molecular flexibility index (Phi) is 6.24. The number of esters is 1. The first-order chi connectivity index (χ1) is 6.17. The van der Waals surface area contributed by atoms with E-state index in [4.69, 9.17) is 10.5 Å². The standard InChI is InChI=1S/C10H19NO2/c1-4-8(3)9(5-2)10(12)13-7-6-11/h4-7,11H2,1-3H3. The van der Waals surface area contributed by atoms with E-state index in [1.54, 1.807) is 0 Å². The molecule has 0 aromatic heterocycles. The van der Waals surface area contributed by atoms with Crippen LogP contribution in [0, 0.1) is 0 Å². The molecule has 0 fully saturated rings. The van der Waals surface area contributed by atoms with Gasteiger partial charge in [0.05, 0.1) is 0 Å². The van der Waals surface area contributed by atoms with E-state index < -0.39 is 0 Å². The summed E-state index contributed by atoms with van der Waals surface area (Å²) in [4.78, 5) is 11.4. The molecule has 3 heteroatoms. The zero-order valence-electron chi connectivity index (χ0n) is 8.72. The van der Waals surface area contributed by atoms with Crippen molar-refractivity contribution in [2.24, 2.45) is 5.73 Å². The van der Waals surface area contributed by atoms with Crippen molar-refractivity contribution < 1.29 is 9.53 Å². The van der Waals surface area contributed by atoms with Gasteiger partial charge in [0.25, 0.3) is 0 Å². The van der Waals surface area contributed by atoms with Gasteiger partial charge >= 0.3 is 5.97 Å². The molecule has 76 valence electrons. The number of carbonyl (C=O) groups is 1. The van der Waals surface area contributed by atoms with Crippen LogP contribution in [-0.4, -0.2) is 19.1 Å². The maximum absolute atomic E-state index is 11.4. The summed E-state index contributed by atoms with van der Waals surface area (Å²) >= 11 is 0. The maximum Gasteiger partial charge on any atom is 0.333 e. The highest BCUT2D eigenvalue weighted by Crippen LogP contribution is 2.12. The monoisotopic (exact) mass is 185 g/mol. The first-order valence-electron chi connectivity index (χ1n) is 4.73. The second-order valence-corrected chi connectivity index (χ2v) is 2.89. The van der Waals surface area contributed by atoms with Crippen molar-refractivity contribution in [3.05, 3.63) is 11.1 Å². The number of hydrogen-bond acceptors (Lipinski definition) is 3. The van der Waals surface area contributed by atoms with E-state index in [1.807, 2.05) is 20.8 Å². The summed E-state index contributed by atoms with van der Waals surface area (Å²) in [5.41, 5.74) is 7.12. The molecule has 0 aromatic rings. The molecule has 2 N–H and O–H groups in total. The largest absolute Gasteiger partial charge is 0.461 e. The minimum Gasteiger partial charge on any atom is -0.461 e. The number of rotatable bonds is 5. The molecule has 0 rings (SSSR count). The summed E-state index contributed by atoms with van der Waals surface area (Å²) in [6.07, 6.45) is 1.62. The molecule has 0 radical (unpaired) electrons. The third-order valence-corrected chi connectivity index (χ3v) is 2.00. The van der Waals surface area contributed by atoms with Gasteiger partial charge in [0.15, 0.2) is 0 Å². The minimum absolute atomic E-state index is 0.215. The van der Waals surface area contributed by atoms with Crippen LogP contribution in [0.2, 0.25) is 0 Å². The molecule has 0 aliphatic carbocycles. The number of nitrogens with two attached hydrogens (primary N) is 1. The van der Waals surface area contributed by atoms with E-state index in [1.165, 1.54) is 0 Å². The summed E-state index contributed by atoms with van der Waals surface area (Å²) in [7, 11) is 0. The van der Waals surface area contributed by atoms with Gasteiger partial charge in [-0.3, -0.25) is 0 Å². The van der Waals surface area contributed by atoms with Crippen molar-refractivity contribution in [3.63, 3.8) is 0 Å². The lowest BCUT2D eigenvalue weighted by Crippen LogP contribution is -2.15. The van der Waals surface area contributed by atoms with Crippen LogP contribution in [0.25, 0.3) is 0 Å². The predicted octanol–water partition coefficient (Wildman–Crippen LogP) is 1.62. The molecule has 0 atom stereocenters. The second kappa shape index (κ2) is 6.66. The Bertz CT molecular complexity index is 197. The van der Waals surface area contributed by atoms with Crippen LogP contribution in [0.3, 0.4) is 0 Å². The molecular weight excluding hydrogens is 166 g/mol. The van der Waals surface area contributed by atoms with E-state index in [9.17, 15) is 4.79 Å². The highest BCUT2D eigenvalue weighted by Gasteiger charge is 2.10. The summed E-state index contributed by atoms with van der Waals surface area (Å²) in [6.45, 7) is 6.63. The molecular formula is C10H19NO2. The number of ether oxygens (including phenoxy) is 1. The Labute approximate surface area is 79.9 Å². The zero-order valence-corrected chi connectivity index (χ0v) is 8.72. The smallest absolute Gasteiger partial charge is 0.333 e. The topological polar surface area (TPSA) is 52.3 Å².